The van der Waals surface area contributed by atoms with Crippen molar-refractivity contribution in [1.82, 2.24) is 14.9 Å². The summed E-state index contributed by atoms with van der Waals surface area (Å²) in [6, 6.07) is 8.10. The van der Waals surface area contributed by atoms with E-state index in [4.69, 9.17) is 0 Å². The Morgan fingerprint density at radius 3 is 2.08 bits per heavy atom. The fourth-order valence-electron chi connectivity index (χ4n) is 5.84. The van der Waals surface area contributed by atoms with Gasteiger partial charge in [0.1, 0.15) is 11.4 Å². The van der Waals surface area contributed by atoms with Gasteiger partial charge in [-0.2, -0.15) is 44.5 Å². The van der Waals surface area contributed by atoms with Crippen molar-refractivity contribution in [2.24, 2.45) is 0 Å². The smallest absolute Gasteiger partial charge is 0.393 e. The topological polar surface area (TPSA) is 126 Å². The number of aromatic nitrogens is 2. The number of alkyl halides is 9. The zero-order valence-electron chi connectivity index (χ0n) is 26.6. The van der Waals surface area contributed by atoms with Crippen molar-refractivity contribution < 1.29 is 63.0 Å². The van der Waals surface area contributed by atoms with Gasteiger partial charge in [0.25, 0.3) is 5.91 Å². The molecule has 0 radical (unpaired) electrons. The van der Waals surface area contributed by atoms with Crippen molar-refractivity contribution in [1.29, 1.82) is 0 Å². The van der Waals surface area contributed by atoms with Crippen molar-refractivity contribution in [3.8, 4) is 0 Å². The highest BCUT2D eigenvalue weighted by Crippen LogP contribution is 2.53. The van der Waals surface area contributed by atoms with Gasteiger partial charge in [-0.3, -0.25) is 18.4 Å². The summed E-state index contributed by atoms with van der Waals surface area (Å²) in [5.74, 6) is -1.36. The van der Waals surface area contributed by atoms with Crippen molar-refractivity contribution in [2.45, 2.75) is 68.9 Å². The van der Waals surface area contributed by atoms with E-state index in [2.05, 4.69) is 29.6 Å². The molecule has 2 aromatic carbocycles. The molecule has 1 aliphatic carbocycles. The number of amides is 1. The van der Waals surface area contributed by atoms with E-state index in [1.165, 1.54) is 35.2 Å². The zero-order valence-corrected chi connectivity index (χ0v) is 27.5. The monoisotopic (exact) mass is 755 g/mol. The number of nitrogens with one attached hydrogen (secondary N) is 2. The Labute approximate surface area is 284 Å². The minimum Gasteiger partial charge on any atom is -0.393 e. The van der Waals surface area contributed by atoms with Crippen LogP contribution in [0.25, 0.3) is 0 Å². The standard InChI is InChI=1S/C31H31F9N5O5P/c1-45-13-22-21(18-4-8-20(46)9-5-18)10-11-24(25(22)27(45)47)43-26-23(31(38,39)40)12-41-28(44-26)42-19-6-2-17(3-7-19)14-51(48,49-15-29(32,33)34)50-16-30(35,36)37/h2-3,6-7,10-12,18,20,46H,4-5,8-9,13-16H2,1H3,(H2,41,42,43,44)/t18-,20-. The molecule has 51 heavy (non-hydrogen) atoms. The number of halogens is 9. The number of carbonyl (C=O) groups excluding carboxylic acids is 1. The van der Waals surface area contributed by atoms with Gasteiger partial charge in [-0.05, 0) is 66.5 Å². The average Bonchev–Trinajstić information content (AvgIpc) is 3.34. The van der Waals surface area contributed by atoms with Crippen LogP contribution < -0.4 is 10.6 Å². The molecule has 3 N–H and O–H groups in total. The summed E-state index contributed by atoms with van der Waals surface area (Å²) < 4.78 is 139. The highest BCUT2D eigenvalue weighted by atomic mass is 31.2. The lowest BCUT2D eigenvalue weighted by atomic mass is 9.80. The predicted octanol–water partition coefficient (Wildman–Crippen LogP) is 8.44. The molecule has 2 heterocycles. The second-order valence-electron chi connectivity index (χ2n) is 12.2. The van der Waals surface area contributed by atoms with Gasteiger partial charge in [0.15, 0.2) is 13.2 Å². The molecule has 278 valence electrons. The minimum atomic E-state index is -5.00. The summed E-state index contributed by atoms with van der Waals surface area (Å²) in [4.78, 5) is 22.4. The Balaban J connectivity index is 1.38. The molecule has 0 atom stereocenters. The molecule has 1 amide bonds. The summed E-state index contributed by atoms with van der Waals surface area (Å²) in [5.41, 5.74) is 0.699. The molecule has 3 aromatic rings. The molecule has 0 unspecified atom stereocenters. The van der Waals surface area contributed by atoms with E-state index >= 15 is 0 Å². The van der Waals surface area contributed by atoms with Gasteiger partial charge < -0.3 is 20.6 Å². The van der Waals surface area contributed by atoms with Gasteiger partial charge >= 0.3 is 26.1 Å². The van der Waals surface area contributed by atoms with Gasteiger partial charge in [-0.25, -0.2) is 4.98 Å². The molecule has 1 aliphatic heterocycles. The maximum atomic E-state index is 14.1. The number of anilines is 4. The second-order valence-corrected chi connectivity index (χ2v) is 14.2. The Kier molecular flexibility index (Phi) is 11.0. The van der Waals surface area contributed by atoms with E-state index in [1.54, 1.807) is 13.1 Å². The Hall–Kier alpha value is -3.93. The summed E-state index contributed by atoms with van der Waals surface area (Å²) in [6.45, 7) is -3.99. The van der Waals surface area contributed by atoms with Crippen LogP contribution in [0.4, 0.5) is 62.7 Å². The number of benzene rings is 2. The van der Waals surface area contributed by atoms with E-state index < -0.39 is 68.9 Å². The Bertz CT molecular complexity index is 1760. The first kappa shape index (κ1) is 38.3. The molecule has 0 spiro atoms. The highest BCUT2D eigenvalue weighted by Gasteiger charge is 2.40. The van der Waals surface area contributed by atoms with Gasteiger partial charge in [0.05, 0.1) is 23.5 Å². The molecular weight excluding hydrogens is 724 g/mol. The number of hydrogen-bond acceptors (Lipinski definition) is 9. The molecule has 0 bridgehead atoms. The first-order chi connectivity index (χ1) is 23.7. The maximum Gasteiger partial charge on any atom is 0.421 e. The second kappa shape index (κ2) is 14.6. The van der Waals surface area contributed by atoms with Crippen LogP contribution in [-0.4, -0.2) is 64.6 Å². The number of nitrogens with zero attached hydrogens (tertiary/aromatic N) is 3. The number of aliphatic hydroxyl groups excluding tert-OH is 1. The summed E-state index contributed by atoms with van der Waals surface area (Å²) in [5, 5.41) is 15.3. The summed E-state index contributed by atoms with van der Waals surface area (Å²) in [6.07, 6.45) is -13.2. The first-order valence-corrected chi connectivity index (χ1v) is 17.1. The average molecular weight is 756 g/mol. The van der Waals surface area contributed by atoms with Crippen molar-refractivity contribution in [2.75, 3.05) is 30.9 Å². The van der Waals surface area contributed by atoms with Crippen molar-refractivity contribution in [3.63, 3.8) is 0 Å². The van der Waals surface area contributed by atoms with Crippen LogP contribution in [0.2, 0.25) is 0 Å². The van der Waals surface area contributed by atoms with Crippen LogP contribution in [0.1, 0.15) is 64.2 Å². The van der Waals surface area contributed by atoms with E-state index in [0.717, 1.165) is 5.56 Å². The lowest BCUT2D eigenvalue weighted by Crippen LogP contribution is -2.20. The molecule has 1 saturated carbocycles. The third-order valence-corrected chi connectivity index (χ3v) is 10.0. The fraction of sp³-hybridized carbons (Fsp3) is 0.452. The SMILES string of the molecule is CN1Cc2c(c(Nc3nc(Nc4ccc(CP(=O)(OCC(F)(F)F)OCC(F)(F)F)cc4)ncc3C(F)(F)F)ccc2[C@H]2CC[C@H](O)CC2)C1=O. The number of rotatable bonds is 11. The van der Waals surface area contributed by atoms with E-state index in [-0.39, 0.29) is 40.9 Å². The largest absolute Gasteiger partial charge is 0.421 e. The van der Waals surface area contributed by atoms with E-state index in [1.807, 2.05) is 0 Å². The van der Waals surface area contributed by atoms with Crippen LogP contribution in [0, 0.1) is 0 Å². The third-order valence-electron chi connectivity index (χ3n) is 8.22. The van der Waals surface area contributed by atoms with Gasteiger partial charge in [-0.15, -0.1) is 0 Å². The Morgan fingerprint density at radius 1 is 0.902 bits per heavy atom. The lowest BCUT2D eigenvalue weighted by Gasteiger charge is -2.27. The number of carbonyl (C=O) groups is 1. The van der Waals surface area contributed by atoms with Gasteiger partial charge in [0, 0.05) is 25.5 Å². The van der Waals surface area contributed by atoms with Gasteiger partial charge in [0.2, 0.25) is 5.95 Å². The molecule has 10 nitrogen and oxygen atoms in total. The maximum absolute atomic E-state index is 14.1. The van der Waals surface area contributed by atoms with E-state index in [0.29, 0.717) is 37.4 Å². The molecule has 1 aromatic heterocycles. The highest BCUT2D eigenvalue weighted by molar-refractivity contribution is 7.53. The van der Waals surface area contributed by atoms with Crippen LogP contribution in [0.5, 0.6) is 0 Å². The van der Waals surface area contributed by atoms with Crippen LogP contribution in [-0.2, 0) is 32.5 Å². The predicted molar refractivity (Wildman–Crippen MR) is 165 cm³/mol. The molecular formula is C31H31F9N5O5P. The van der Waals surface area contributed by atoms with Gasteiger partial charge in [-0.1, -0.05) is 18.2 Å². The quantitative estimate of drug-likeness (QED) is 0.131. The fourth-order valence-corrected chi connectivity index (χ4v) is 7.44. The Morgan fingerprint density at radius 2 is 1.51 bits per heavy atom. The molecule has 5 rings (SSSR count). The molecule has 1 fully saturated rings. The van der Waals surface area contributed by atoms with E-state index in [9.17, 15) is 54.0 Å². The molecule has 20 heteroatoms. The lowest BCUT2D eigenvalue weighted by molar-refractivity contribution is -0.165. The third kappa shape index (κ3) is 9.90. The van der Waals surface area contributed by atoms with Crippen LogP contribution >= 0.6 is 7.60 Å². The molecule has 2 aliphatic rings. The minimum absolute atomic E-state index is 0.0414. The summed E-state index contributed by atoms with van der Waals surface area (Å²) in [7, 11) is -3.37. The number of hydrogen-bond donors (Lipinski definition) is 3. The zero-order chi connectivity index (χ0) is 37.4. The van der Waals surface area contributed by atoms with Crippen molar-refractivity contribution >= 4 is 36.6 Å². The van der Waals surface area contributed by atoms with Crippen LogP contribution in [0.3, 0.4) is 0 Å². The molecule has 0 saturated heterocycles. The first-order valence-electron chi connectivity index (χ1n) is 15.4. The van der Waals surface area contributed by atoms with Crippen LogP contribution in [0.15, 0.2) is 42.6 Å². The summed E-state index contributed by atoms with van der Waals surface area (Å²) >= 11 is 0. The van der Waals surface area contributed by atoms with Crippen molar-refractivity contribution in [3.05, 3.63) is 70.4 Å². The number of aliphatic hydroxyl groups is 1. The number of fused-ring (bicyclic) bond motifs is 1. The normalized spacial score (nSPS) is 18.6.